The van der Waals surface area contributed by atoms with Gasteiger partial charge in [0.1, 0.15) is 0 Å². The van der Waals surface area contributed by atoms with Crippen LogP contribution in [0, 0.1) is 6.92 Å². The molecule has 2 aromatic rings. The summed E-state index contributed by atoms with van der Waals surface area (Å²) >= 11 is 3.33. The second-order valence-corrected chi connectivity index (χ2v) is 6.89. The normalized spacial score (nSPS) is 10.1. The van der Waals surface area contributed by atoms with Crippen LogP contribution in [0.3, 0.4) is 0 Å². The van der Waals surface area contributed by atoms with Gasteiger partial charge in [-0.1, -0.05) is 34.1 Å². The molecule has 7 heteroatoms. The fourth-order valence-corrected chi connectivity index (χ4v) is 2.64. The zero-order valence-electron chi connectivity index (χ0n) is 15.0. The molecule has 0 unspecified atom stereocenters. The molecule has 0 spiro atoms. The van der Waals surface area contributed by atoms with E-state index in [4.69, 9.17) is 0 Å². The lowest BCUT2D eigenvalue weighted by Gasteiger charge is -2.09. The van der Waals surface area contributed by atoms with Crippen LogP contribution < -0.4 is 16.0 Å². The average Bonchev–Trinajstić information content (AvgIpc) is 2.64. The van der Waals surface area contributed by atoms with Crippen molar-refractivity contribution < 1.29 is 14.4 Å². The number of nitrogens with one attached hydrogen (secondary N) is 3. The molecule has 27 heavy (non-hydrogen) atoms. The van der Waals surface area contributed by atoms with Crippen molar-refractivity contribution in [2.24, 2.45) is 0 Å². The highest BCUT2D eigenvalue weighted by Crippen LogP contribution is 2.14. The van der Waals surface area contributed by atoms with Gasteiger partial charge in [0.15, 0.2) is 0 Å². The van der Waals surface area contributed by atoms with Gasteiger partial charge in [-0.15, -0.1) is 0 Å². The predicted molar refractivity (Wildman–Crippen MR) is 109 cm³/mol. The van der Waals surface area contributed by atoms with Gasteiger partial charge in [-0.2, -0.15) is 0 Å². The van der Waals surface area contributed by atoms with Crippen LogP contribution >= 0.6 is 15.9 Å². The smallest absolute Gasteiger partial charge is 0.251 e. The number of amides is 3. The molecule has 2 aromatic carbocycles. The highest BCUT2D eigenvalue weighted by Gasteiger charge is 2.09. The number of rotatable bonds is 8. The molecule has 0 saturated heterocycles. The Labute approximate surface area is 166 Å². The van der Waals surface area contributed by atoms with E-state index in [0.717, 1.165) is 10.0 Å². The maximum atomic E-state index is 12.0. The fourth-order valence-electron chi connectivity index (χ4n) is 2.37. The summed E-state index contributed by atoms with van der Waals surface area (Å²) in [6.45, 7) is 2.35. The Morgan fingerprint density at radius 3 is 2.19 bits per heavy atom. The lowest BCUT2D eigenvalue weighted by molar-refractivity contribution is -0.121. The summed E-state index contributed by atoms with van der Waals surface area (Å²) in [6, 6.07) is 14.5. The first-order chi connectivity index (χ1) is 13.0. The number of benzene rings is 2. The summed E-state index contributed by atoms with van der Waals surface area (Å²) < 4.78 is 0.933. The molecular weight excluding hydrogens is 410 g/mol. The zero-order valence-corrected chi connectivity index (χ0v) is 16.6. The maximum absolute atomic E-state index is 12.0. The minimum atomic E-state index is -0.212. The van der Waals surface area contributed by atoms with Gasteiger partial charge in [-0.25, -0.2) is 0 Å². The largest absolute Gasteiger partial charge is 0.356 e. The van der Waals surface area contributed by atoms with Crippen LogP contribution in [0.1, 0.15) is 28.8 Å². The van der Waals surface area contributed by atoms with E-state index in [1.807, 2.05) is 31.2 Å². The Balaban J connectivity index is 1.62. The van der Waals surface area contributed by atoms with Gasteiger partial charge in [-0.05, 0) is 42.8 Å². The molecule has 0 aliphatic rings. The molecule has 0 bridgehead atoms. The summed E-state index contributed by atoms with van der Waals surface area (Å²) in [4.78, 5) is 35.7. The van der Waals surface area contributed by atoms with Crippen LogP contribution in [0.4, 0.5) is 5.69 Å². The number of aryl methyl sites for hydroxylation is 1. The number of carbonyl (C=O) groups excluding carboxylic acids is 3. The summed E-state index contributed by atoms with van der Waals surface area (Å²) in [7, 11) is 0. The highest BCUT2D eigenvalue weighted by atomic mass is 79.9. The SMILES string of the molecule is Cc1ccccc1C(=O)NCCC(=O)NCCC(=O)Nc1ccc(Br)cc1. The molecule has 6 nitrogen and oxygen atoms in total. The summed E-state index contributed by atoms with van der Waals surface area (Å²) in [5.41, 5.74) is 2.19. The topological polar surface area (TPSA) is 87.3 Å². The van der Waals surface area contributed by atoms with Gasteiger partial charge < -0.3 is 16.0 Å². The van der Waals surface area contributed by atoms with Crippen LogP contribution in [0.15, 0.2) is 53.0 Å². The van der Waals surface area contributed by atoms with Crippen molar-refractivity contribution in [3.05, 3.63) is 64.1 Å². The number of hydrogen-bond acceptors (Lipinski definition) is 3. The van der Waals surface area contributed by atoms with Crippen LogP contribution in [0.25, 0.3) is 0 Å². The second kappa shape index (κ2) is 10.5. The average molecular weight is 432 g/mol. The van der Waals surface area contributed by atoms with E-state index < -0.39 is 0 Å². The van der Waals surface area contributed by atoms with E-state index in [1.165, 1.54) is 0 Å². The van der Waals surface area contributed by atoms with E-state index in [9.17, 15) is 14.4 Å². The lowest BCUT2D eigenvalue weighted by atomic mass is 10.1. The van der Waals surface area contributed by atoms with Crippen LogP contribution in [-0.4, -0.2) is 30.8 Å². The predicted octanol–water partition coefficient (Wildman–Crippen LogP) is 3.02. The Morgan fingerprint density at radius 1 is 0.852 bits per heavy atom. The number of halogens is 1. The van der Waals surface area contributed by atoms with E-state index in [2.05, 4.69) is 31.9 Å². The van der Waals surface area contributed by atoms with Crippen LogP contribution in [0.2, 0.25) is 0 Å². The van der Waals surface area contributed by atoms with Crippen molar-refractivity contribution in [2.45, 2.75) is 19.8 Å². The second-order valence-electron chi connectivity index (χ2n) is 5.98. The zero-order chi connectivity index (χ0) is 19.6. The Kier molecular flexibility index (Phi) is 8.00. The van der Waals surface area contributed by atoms with Crippen LogP contribution in [0.5, 0.6) is 0 Å². The third-order valence-electron chi connectivity index (χ3n) is 3.83. The summed E-state index contributed by atoms with van der Waals surface area (Å²) in [5.74, 6) is -0.586. The molecule has 3 amide bonds. The maximum Gasteiger partial charge on any atom is 0.251 e. The Bertz CT molecular complexity index is 806. The molecule has 0 aliphatic heterocycles. The number of anilines is 1. The first kappa shape index (κ1) is 20.6. The van der Waals surface area contributed by atoms with E-state index in [1.54, 1.807) is 24.3 Å². The summed E-state index contributed by atoms with van der Waals surface area (Å²) in [5, 5.41) is 8.16. The fraction of sp³-hybridized carbons (Fsp3) is 0.250. The van der Waals surface area contributed by atoms with Gasteiger partial charge in [0.05, 0.1) is 0 Å². The third-order valence-corrected chi connectivity index (χ3v) is 4.36. The molecule has 0 atom stereocenters. The molecule has 0 heterocycles. The molecular formula is C20H22BrN3O3. The first-order valence-corrected chi connectivity index (χ1v) is 9.41. The highest BCUT2D eigenvalue weighted by molar-refractivity contribution is 9.10. The van der Waals surface area contributed by atoms with Crippen molar-refractivity contribution >= 4 is 39.3 Å². The molecule has 3 N–H and O–H groups in total. The van der Waals surface area contributed by atoms with Crippen molar-refractivity contribution in [1.82, 2.24) is 10.6 Å². The molecule has 0 saturated carbocycles. The van der Waals surface area contributed by atoms with E-state index in [-0.39, 0.29) is 43.7 Å². The monoisotopic (exact) mass is 431 g/mol. The minimum Gasteiger partial charge on any atom is -0.356 e. The first-order valence-electron chi connectivity index (χ1n) is 8.61. The number of hydrogen-bond donors (Lipinski definition) is 3. The summed E-state index contributed by atoms with van der Waals surface area (Å²) in [6.07, 6.45) is 0.337. The Morgan fingerprint density at radius 2 is 1.48 bits per heavy atom. The molecule has 0 radical (unpaired) electrons. The molecule has 0 fully saturated rings. The van der Waals surface area contributed by atoms with E-state index in [0.29, 0.717) is 11.3 Å². The Hall–Kier alpha value is -2.67. The third kappa shape index (κ3) is 7.22. The molecule has 142 valence electrons. The van der Waals surface area contributed by atoms with Crippen molar-refractivity contribution in [3.8, 4) is 0 Å². The van der Waals surface area contributed by atoms with Gasteiger partial charge in [-0.3, -0.25) is 14.4 Å². The van der Waals surface area contributed by atoms with Gasteiger partial charge in [0, 0.05) is 41.7 Å². The van der Waals surface area contributed by atoms with Crippen molar-refractivity contribution in [1.29, 1.82) is 0 Å². The van der Waals surface area contributed by atoms with Crippen molar-refractivity contribution in [3.63, 3.8) is 0 Å². The van der Waals surface area contributed by atoms with E-state index >= 15 is 0 Å². The lowest BCUT2D eigenvalue weighted by Crippen LogP contribution is -2.32. The van der Waals surface area contributed by atoms with Gasteiger partial charge in [0.25, 0.3) is 5.91 Å². The molecule has 0 aromatic heterocycles. The van der Waals surface area contributed by atoms with Crippen molar-refractivity contribution in [2.75, 3.05) is 18.4 Å². The van der Waals surface area contributed by atoms with Gasteiger partial charge >= 0.3 is 0 Å². The quantitative estimate of drug-likeness (QED) is 0.600. The minimum absolute atomic E-state index is 0.159. The van der Waals surface area contributed by atoms with Gasteiger partial charge in [0.2, 0.25) is 11.8 Å². The standard InChI is InChI=1S/C20H22BrN3O3/c1-14-4-2-3-5-17(14)20(27)23-13-10-18(25)22-12-11-19(26)24-16-8-6-15(21)7-9-16/h2-9H,10-13H2,1H3,(H,22,25)(H,23,27)(H,24,26). The van der Waals surface area contributed by atoms with Crippen LogP contribution in [-0.2, 0) is 9.59 Å². The molecule has 2 rings (SSSR count). The molecule has 0 aliphatic carbocycles. The number of carbonyl (C=O) groups is 3.